The van der Waals surface area contributed by atoms with Crippen LogP contribution in [0.2, 0.25) is 5.02 Å². The highest BCUT2D eigenvalue weighted by atomic mass is 35.5. The Morgan fingerprint density at radius 1 is 1.03 bits per heavy atom. The van der Waals surface area contributed by atoms with Gasteiger partial charge >= 0.3 is 0 Å². The molecule has 0 fully saturated rings. The summed E-state index contributed by atoms with van der Waals surface area (Å²) in [7, 11) is 0. The molecule has 3 aromatic carbocycles. The third kappa shape index (κ3) is 4.76. The molecule has 0 atom stereocenters. The van der Waals surface area contributed by atoms with Gasteiger partial charge in [0.15, 0.2) is 5.58 Å². The Balaban J connectivity index is 1.35. The fourth-order valence-electron chi connectivity index (χ4n) is 2.92. The summed E-state index contributed by atoms with van der Waals surface area (Å²) in [6, 6.07) is 22.3. The van der Waals surface area contributed by atoms with E-state index in [2.05, 4.69) is 10.3 Å². The van der Waals surface area contributed by atoms with Gasteiger partial charge in [0.05, 0.1) is 17.2 Å². The first-order valence-corrected chi connectivity index (χ1v) is 9.70. The Bertz CT molecular complexity index is 1130. The lowest BCUT2D eigenvalue weighted by atomic mass is 10.2. The molecule has 0 aliphatic heterocycles. The molecule has 0 aliphatic carbocycles. The van der Waals surface area contributed by atoms with E-state index >= 15 is 0 Å². The van der Waals surface area contributed by atoms with E-state index < -0.39 is 0 Å². The molecule has 0 saturated heterocycles. The number of carbonyl (C=O) groups is 1. The van der Waals surface area contributed by atoms with Crippen LogP contribution >= 0.6 is 11.6 Å². The van der Waals surface area contributed by atoms with Crippen LogP contribution in [0.15, 0.2) is 77.2 Å². The third-order valence-corrected chi connectivity index (χ3v) is 4.67. The van der Waals surface area contributed by atoms with E-state index in [-0.39, 0.29) is 5.91 Å². The maximum Gasteiger partial charge on any atom is 0.228 e. The van der Waals surface area contributed by atoms with Crippen molar-refractivity contribution in [3.63, 3.8) is 0 Å². The SMILES string of the molecule is O=C(CCCOc1ccccc1)Nc1ccc2nc(-c3ccccc3Cl)oc2c1. The van der Waals surface area contributed by atoms with Gasteiger partial charge in [0.1, 0.15) is 11.3 Å². The van der Waals surface area contributed by atoms with Gasteiger partial charge in [-0.2, -0.15) is 0 Å². The number of halogens is 1. The van der Waals surface area contributed by atoms with Crippen molar-refractivity contribution >= 4 is 34.3 Å². The second kappa shape index (κ2) is 8.80. The summed E-state index contributed by atoms with van der Waals surface area (Å²) in [5.74, 6) is 1.18. The summed E-state index contributed by atoms with van der Waals surface area (Å²) < 4.78 is 11.4. The Kier molecular flexibility index (Phi) is 5.77. The lowest BCUT2D eigenvalue weighted by Gasteiger charge is -2.07. The van der Waals surface area contributed by atoms with Gasteiger partial charge in [-0.05, 0) is 42.8 Å². The predicted molar refractivity (Wildman–Crippen MR) is 114 cm³/mol. The zero-order valence-corrected chi connectivity index (χ0v) is 16.4. The fourth-order valence-corrected chi connectivity index (χ4v) is 3.13. The number of anilines is 1. The molecule has 1 N–H and O–H groups in total. The number of amides is 1. The first kappa shape index (κ1) is 19.0. The quantitative estimate of drug-likeness (QED) is 0.385. The average Bonchev–Trinajstić information content (AvgIpc) is 3.15. The number of nitrogens with one attached hydrogen (secondary N) is 1. The van der Waals surface area contributed by atoms with Gasteiger partial charge < -0.3 is 14.5 Å². The maximum atomic E-state index is 12.2. The summed E-state index contributed by atoms with van der Waals surface area (Å²) in [4.78, 5) is 16.7. The average molecular weight is 407 g/mol. The normalized spacial score (nSPS) is 10.8. The number of oxazole rings is 1. The van der Waals surface area contributed by atoms with E-state index in [0.29, 0.717) is 47.1 Å². The number of aromatic nitrogens is 1. The van der Waals surface area contributed by atoms with E-state index in [1.54, 1.807) is 18.2 Å². The largest absolute Gasteiger partial charge is 0.494 e. The van der Waals surface area contributed by atoms with Gasteiger partial charge in [0.25, 0.3) is 0 Å². The van der Waals surface area contributed by atoms with Gasteiger partial charge in [-0.3, -0.25) is 4.79 Å². The molecule has 0 bridgehead atoms. The lowest BCUT2D eigenvalue weighted by molar-refractivity contribution is -0.116. The zero-order chi connectivity index (χ0) is 20.1. The van der Waals surface area contributed by atoms with Gasteiger partial charge in [0, 0.05) is 18.2 Å². The molecule has 1 aromatic heterocycles. The van der Waals surface area contributed by atoms with E-state index in [4.69, 9.17) is 20.8 Å². The van der Waals surface area contributed by atoms with Crippen LogP contribution in [0.3, 0.4) is 0 Å². The van der Waals surface area contributed by atoms with Crippen LogP contribution in [-0.4, -0.2) is 17.5 Å². The molecule has 4 aromatic rings. The molecule has 0 aliphatic rings. The molecule has 1 heterocycles. The Hall–Kier alpha value is -3.31. The van der Waals surface area contributed by atoms with Crippen LogP contribution in [0.1, 0.15) is 12.8 Å². The predicted octanol–water partition coefficient (Wildman–Crippen LogP) is 5.95. The number of fused-ring (bicyclic) bond motifs is 1. The summed E-state index contributed by atoms with van der Waals surface area (Å²) in [5, 5.41) is 3.46. The number of carbonyl (C=O) groups excluding carboxylic acids is 1. The van der Waals surface area contributed by atoms with Crippen LogP contribution in [0.4, 0.5) is 5.69 Å². The van der Waals surface area contributed by atoms with Crippen LogP contribution < -0.4 is 10.1 Å². The third-order valence-electron chi connectivity index (χ3n) is 4.34. The number of rotatable bonds is 7. The van der Waals surface area contributed by atoms with Gasteiger partial charge in [0.2, 0.25) is 11.8 Å². The number of para-hydroxylation sites is 1. The van der Waals surface area contributed by atoms with Crippen molar-refractivity contribution in [2.45, 2.75) is 12.8 Å². The van der Waals surface area contributed by atoms with Crippen LogP contribution in [0, 0.1) is 0 Å². The molecule has 0 spiro atoms. The summed E-state index contributed by atoms with van der Waals surface area (Å²) in [5.41, 5.74) is 2.68. The minimum atomic E-state index is -0.0770. The minimum absolute atomic E-state index is 0.0770. The van der Waals surface area contributed by atoms with Crippen LogP contribution in [0.25, 0.3) is 22.6 Å². The molecule has 146 valence electrons. The number of nitrogens with zero attached hydrogens (tertiary/aromatic N) is 1. The molecular weight excluding hydrogens is 388 g/mol. The summed E-state index contributed by atoms with van der Waals surface area (Å²) >= 11 is 6.22. The second-order valence-electron chi connectivity index (χ2n) is 6.49. The molecule has 1 amide bonds. The van der Waals surface area contributed by atoms with Crippen molar-refractivity contribution in [1.29, 1.82) is 0 Å². The van der Waals surface area contributed by atoms with Crippen molar-refractivity contribution in [3.05, 3.63) is 77.8 Å². The van der Waals surface area contributed by atoms with Gasteiger partial charge in [-0.1, -0.05) is 41.9 Å². The molecule has 29 heavy (non-hydrogen) atoms. The molecule has 6 heteroatoms. The van der Waals surface area contributed by atoms with Gasteiger partial charge in [-0.25, -0.2) is 4.98 Å². The molecule has 0 radical (unpaired) electrons. The molecule has 0 unspecified atom stereocenters. The molecule has 0 saturated carbocycles. The van der Waals surface area contributed by atoms with E-state index in [9.17, 15) is 4.79 Å². The first-order chi connectivity index (χ1) is 14.2. The van der Waals surface area contributed by atoms with E-state index in [1.807, 2.05) is 54.6 Å². The van der Waals surface area contributed by atoms with Crippen LogP contribution in [0.5, 0.6) is 5.75 Å². The Labute approximate surface area is 173 Å². The number of hydrogen-bond acceptors (Lipinski definition) is 4. The lowest BCUT2D eigenvalue weighted by Crippen LogP contribution is -2.12. The second-order valence-corrected chi connectivity index (χ2v) is 6.90. The van der Waals surface area contributed by atoms with Crippen molar-refractivity contribution in [2.24, 2.45) is 0 Å². The highest BCUT2D eigenvalue weighted by Crippen LogP contribution is 2.30. The Morgan fingerprint density at radius 3 is 2.66 bits per heavy atom. The van der Waals surface area contributed by atoms with Crippen LogP contribution in [-0.2, 0) is 4.79 Å². The molecular formula is C23H19ClN2O3. The van der Waals surface area contributed by atoms with Gasteiger partial charge in [-0.15, -0.1) is 0 Å². The first-order valence-electron chi connectivity index (χ1n) is 9.32. The topological polar surface area (TPSA) is 64.4 Å². The molecule has 4 rings (SSSR count). The summed E-state index contributed by atoms with van der Waals surface area (Å²) in [6.07, 6.45) is 0.994. The minimum Gasteiger partial charge on any atom is -0.494 e. The standard InChI is InChI=1S/C23H19ClN2O3/c24-19-10-5-4-9-18(19)23-26-20-13-12-16(15-21(20)29-23)25-22(27)11-6-14-28-17-7-2-1-3-8-17/h1-5,7-10,12-13,15H,6,11,14H2,(H,25,27). The van der Waals surface area contributed by atoms with Crippen molar-refractivity contribution < 1.29 is 13.9 Å². The number of ether oxygens (including phenoxy) is 1. The Morgan fingerprint density at radius 2 is 1.83 bits per heavy atom. The van der Waals surface area contributed by atoms with E-state index in [1.165, 1.54) is 0 Å². The smallest absolute Gasteiger partial charge is 0.228 e. The number of hydrogen-bond donors (Lipinski definition) is 1. The maximum absolute atomic E-state index is 12.2. The van der Waals surface area contributed by atoms with Crippen molar-refractivity contribution in [2.75, 3.05) is 11.9 Å². The zero-order valence-electron chi connectivity index (χ0n) is 15.6. The fraction of sp³-hybridized carbons (Fsp3) is 0.130. The van der Waals surface area contributed by atoms with E-state index in [0.717, 1.165) is 11.3 Å². The highest BCUT2D eigenvalue weighted by Gasteiger charge is 2.12. The number of benzene rings is 3. The van der Waals surface area contributed by atoms with Crippen molar-refractivity contribution in [3.8, 4) is 17.2 Å². The van der Waals surface area contributed by atoms with Crippen molar-refractivity contribution in [1.82, 2.24) is 4.98 Å². The highest BCUT2D eigenvalue weighted by molar-refractivity contribution is 6.33. The molecule has 5 nitrogen and oxygen atoms in total. The summed E-state index contributed by atoms with van der Waals surface area (Å²) in [6.45, 7) is 0.486. The monoisotopic (exact) mass is 406 g/mol.